The van der Waals surface area contributed by atoms with E-state index in [0.717, 1.165) is 29.6 Å². The Bertz CT molecular complexity index is 276. The molecule has 3 fully saturated rings. The molecule has 0 heterocycles. The third-order valence-electron chi connectivity index (χ3n) is 7.13. The molecular weight excluding hydrogens is 240 g/mol. The highest BCUT2D eigenvalue weighted by atomic mass is 14.4. The van der Waals surface area contributed by atoms with Crippen LogP contribution in [0.4, 0.5) is 0 Å². The molecule has 0 aliphatic heterocycles. The Labute approximate surface area is 127 Å². The smallest absolute Gasteiger partial charge is 0.0383 e. The number of hydrogen-bond acceptors (Lipinski definition) is 0. The van der Waals surface area contributed by atoms with Gasteiger partial charge in [-0.15, -0.1) is 0 Å². The molecule has 3 aliphatic carbocycles. The van der Waals surface area contributed by atoms with E-state index in [1.165, 1.54) is 51.4 Å². The molecule has 3 saturated carbocycles. The second kappa shape index (κ2) is 7.32. The first kappa shape index (κ1) is 14.9. The summed E-state index contributed by atoms with van der Waals surface area (Å²) in [5, 5.41) is 0. The predicted molar refractivity (Wildman–Crippen MR) is 87.8 cm³/mol. The van der Waals surface area contributed by atoms with Gasteiger partial charge in [0.05, 0.1) is 0 Å². The number of fused-ring (bicyclic) bond motifs is 1. The molecule has 0 bridgehead atoms. The fourth-order valence-electron chi connectivity index (χ4n) is 5.67. The van der Waals surface area contributed by atoms with Gasteiger partial charge < -0.3 is 0 Å². The maximum atomic E-state index is 2.56. The highest BCUT2D eigenvalue weighted by Crippen LogP contribution is 2.44. The highest BCUT2D eigenvalue weighted by Gasteiger charge is 2.32. The number of hydrogen-bond donors (Lipinski definition) is 0. The van der Waals surface area contributed by atoms with E-state index in [1.807, 2.05) is 0 Å². The lowest BCUT2D eigenvalue weighted by Gasteiger charge is -2.40. The fourth-order valence-corrected chi connectivity index (χ4v) is 5.67. The third kappa shape index (κ3) is 3.80. The Balaban J connectivity index is 1.39. The Morgan fingerprint density at radius 3 is 2.25 bits per heavy atom. The summed E-state index contributed by atoms with van der Waals surface area (Å²) in [5.74, 6) is 5.46. The molecule has 116 valence electrons. The Kier molecular flexibility index (Phi) is 5.46. The van der Waals surface area contributed by atoms with Gasteiger partial charge in [-0.1, -0.05) is 84.0 Å². The van der Waals surface area contributed by atoms with Gasteiger partial charge in [-0.2, -0.15) is 0 Å². The van der Waals surface area contributed by atoms with Gasteiger partial charge in [0.1, 0.15) is 0 Å². The maximum Gasteiger partial charge on any atom is -0.0383 e. The van der Waals surface area contributed by atoms with Crippen molar-refractivity contribution in [2.24, 2.45) is 29.6 Å². The quantitative estimate of drug-likeness (QED) is 0.543. The Hall–Kier alpha value is 0. The van der Waals surface area contributed by atoms with E-state index < -0.39 is 0 Å². The molecule has 0 spiro atoms. The minimum absolute atomic E-state index is 1.01. The average Bonchev–Trinajstić information content (AvgIpc) is 2.53. The molecule has 0 amide bonds. The van der Waals surface area contributed by atoms with E-state index >= 15 is 0 Å². The molecule has 0 radical (unpaired) electrons. The van der Waals surface area contributed by atoms with Gasteiger partial charge in [0.2, 0.25) is 0 Å². The average molecular weight is 277 g/mol. The highest BCUT2D eigenvalue weighted by molar-refractivity contribution is 4.83. The van der Waals surface area contributed by atoms with Crippen molar-refractivity contribution in [3.63, 3.8) is 0 Å². The molecule has 0 saturated heterocycles. The largest absolute Gasteiger partial charge is 0.0622 e. The van der Waals surface area contributed by atoms with Gasteiger partial charge in [0, 0.05) is 0 Å². The van der Waals surface area contributed by atoms with Gasteiger partial charge in [-0.25, -0.2) is 0 Å². The zero-order valence-corrected chi connectivity index (χ0v) is 13.8. The summed E-state index contributed by atoms with van der Waals surface area (Å²) in [7, 11) is 0. The fraction of sp³-hybridized carbons (Fsp3) is 1.00. The van der Waals surface area contributed by atoms with Crippen molar-refractivity contribution in [3.8, 4) is 0 Å². The zero-order valence-electron chi connectivity index (χ0n) is 13.8. The van der Waals surface area contributed by atoms with Crippen LogP contribution in [0.5, 0.6) is 0 Å². The third-order valence-corrected chi connectivity index (χ3v) is 7.13. The van der Waals surface area contributed by atoms with Crippen molar-refractivity contribution < 1.29 is 0 Å². The lowest BCUT2D eigenvalue weighted by molar-refractivity contribution is 0.118. The summed E-state index contributed by atoms with van der Waals surface area (Å²) in [6, 6.07) is 0. The molecular formula is C20H36. The van der Waals surface area contributed by atoms with Crippen LogP contribution in [0.15, 0.2) is 0 Å². The molecule has 0 nitrogen and oxygen atoms in total. The molecule has 20 heavy (non-hydrogen) atoms. The van der Waals surface area contributed by atoms with Crippen molar-refractivity contribution in [2.75, 3.05) is 0 Å². The van der Waals surface area contributed by atoms with Crippen molar-refractivity contribution in [1.29, 1.82) is 0 Å². The summed E-state index contributed by atoms with van der Waals surface area (Å²) in [5.41, 5.74) is 0. The van der Waals surface area contributed by atoms with Crippen LogP contribution in [0, 0.1) is 29.6 Å². The first-order valence-electron chi connectivity index (χ1n) is 9.83. The molecule has 0 N–H and O–H groups in total. The van der Waals surface area contributed by atoms with Crippen LogP contribution in [-0.2, 0) is 0 Å². The lowest BCUT2D eigenvalue weighted by Crippen LogP contribution is -2.28. The molecule has 3 rings (SSSR count). The lowest BCUT2D eigenvalue weighted by atomic mass is 9.66. The first-order chi connectivity index (χ1) is 9.83. The predicted octanol–water partition coefficient (Wildman–Crippen LogP) is 6.59. The summed E-state index contributed by atoms with van der Waals surface area (Å²) in [6.07, 6.45) is 21.7. The van der Waals surface area contributed by atoms with E-state index in [0.29, 0.717) is 0 Å². The van der Waals surface area contributed by atoms with Crippen molar-refractivity contribution in [3.05, 3.63) is 0 Å². The van der Waals surface area contributed by atoms with Crippen LogP contribution >= 0.6 is 0 Å². The van der Waals surface area contributed by atoms with Crippen molar-refractivity contribution >= 4 is 0 Å². The Morgan fingerprint density at radius 2 is 1.45 bits per heavy atom. The zero-order chi connectivity index (χ0) is 13.8. The second-order valence-electron chi connectivity index (χ2n) is 8.44. The van der Waals surface area contributed by atoms with E-state index in [1.54, 1.807) is 38.5 Å². The molecule has 3 aliphatic rings. The monoisotopic (exact) mass is 276 g/mol. The van der Waals surface area contributed by atoms with Crippen LogP contribution in [0.1, 0.15) is 96.8 Å². The first-order valence-corrected chi connectivity index (χ1v) is 9.83. The van der Waals surface area contributed by atoms with Gasteiger partial charge in [0.25, 0.3) is 0 Å². The van der Waals surface area contributed by atoms with Crippen LogP contribution < -0.4 is 0 Å². The summed E-state index contributed by atoms with van der Waals surface area (Å²) >= 11 is 0. The van der Waals surface area contributed by atoms with Crippen LogP contribution in [0.25, 0.3) is 0 Å². The van der Waals surface area contributed by atoms with Crippen LogP contribution in [0.2, 0.25) is 0 Å². The molecule has 4 unspecified atom stereocenters. The maximum absolute atomic E-state index is 2.56. The normalized spacial score (nSPS) is 37.4. The van der Waals surface area contributed by atoms with Gasteiger partial charge in [-0.05, 0) is 42.4 Å². The van der Waals surface area contributed by atoms with E-state index in [2.05, 4.69) is 6.92 Å². The minimum atomic E-state index is 1.01. The van der Waals surface area contributed by atoms with E-state index in [9.17, 15) is 0 Å². The number of rotatable bonds is 4. The Morgan fingerprint density at radius 1 is 0.750 bits per heavy atom. The molecule has 0 heteroatoms. The van der Waals surface area contributed by atoms with Crippen LogP contribution in [0.3, 0.4) is 0 Å². The van der Waals surface area contributed by atoms with E-state index in [-0.39, 0.29) is 0 Å². The summed E-state index contributed by atoms with van der Waals surface area (Å²) < 4.78 is 0. The van der Waals surface area contributed by atoms with Gasteiger partial charge in [-0.3, -0.25) is 0 Å². The SMILES string of the molecule is CC(CCC1CCC2CCCCC2C1)C1CCCCC1. The van der Waals surface area contributed by atoms with E-state index in [4.69, 9.17) is 0 Å². The minimum Gasteiger partial charge on any atom is -0.0622 e. The molecule has 0 aromatic rings. The molecule has 0 aromatic heterocycles. The van der Waals surface area contributed by atoms with Crippen LogP contribution in [-0.4, -0.2) is 0 Å². The van der Waals surface area contributed by atoms with Gasteiger partial charge >= 0.3 is 0 Å². The molecule has 4 atom stereocenters. The summed E-state index contributed by atoms with van der Waals surface area (Å²) in [4.78, 5) is 0. The summed E-state index contributed by atoms with van der Waals surface area (Å²) in [6.45, 7) is 2.56. The second-order valence-corrected chi connectivity index (χ2v) is 8.44. The van der Waals surface area contributed by atoms with Crippen molar-refractivity contribution in [2.45, 2.75) is 96.8 Å². The standard InChI is InChI=1S/C20H36/c1-16(18-7-3-2-4-8-18)11-12-17-13-14-19-9-5-6-10-20(19)15-17/h16-20H,2-15H2,1H3. The van der Waals surface area contributed by atoms with Crippen molar-refractivity contribution in [1.82, 2.24) is 0 Å². The van der Waals surface area contributed by atoms with Gasteiger partial charge in [0.15, 0.2) is 0 Å². The topological polar surface area (TPSA) is 0 Å². The molecule has 0 aromatic carbocycles.